The van der Waals surface area contributed by atoms with Crippen LogP contribution in [-0.2, 0) is 0 Å². The Morgan fingerprint density at radius 3 is 2.64 bits per heavy atom. The average molecular weight is 189 g/mol. The van der Waals surface area contributed by atoms with Gasteiger partial charge in [-0.1, -0.05) is 29.8 Å². The zero-order chi connectivity index (χ0) is 10.6. The van der Waals surface area contributed by atoms with E-state index in [2.05, 4.69) is 43.9 Å². The first-order chi connectivity index (χ1) is 6.69. The van der Waals surface area contributed by atoms with Crippen molar-refractivity contribution in [1.82, 2.24) is 5.32 Å². The summed E-state index contributed by atoms with van der Waals surface area (Å²) in [5.74, 6) is 0. The first-order valence-electron chi connectivity index (χ1n) is 5.04. The van der Waals surface area contributed by atoms with Crippen LogP contribution in [-0.4, -0.2) is 7.05 Å². The third-order valence-electron chi connectivity index (χ3n) is 2.55. The van der Waals surface area contributed by atoms with Crippen molar-refractivity contribution < 1.29 is 0 Å². The van der Waals surface area contributed by atoms with E-state index in [9.17, 15) is 0 Å². The zero-order valence-electron chi connectivity index (χ0n) is 9.30. The van der Waals surface area contributed by atoms with E-state index in [1.165, 1.54) is 16.7 Å². The lowest BCUT2D eigenvalue weighted by Gasteiger charge is -2.17. The predicted octanol–water partition coefficient (Wildman–Crippen LogP) is 3.14. The molecule has 0 heterocycles. The number of rotatable bonds is 4. The molecule has 1 unspecified atom stereocenters. The van der Waals surface area contributed by atoms with Crippen LogP contribution in [0.1, 0.15) is 29.2 Å². The number of hydrogen-bond donors (Lipinski definition) is 1. The lowest BCUT2D eigenvalue weighted by molar-refractivity contribution is 0.600. The quantitative estimate of drug-likeness (QED) is 0.717. The minimum absolute atomic E-state index is 0.396. The number of aryl methyl sites for hydroxylation is 2. The van der Waals surface area contributed by atoms with Crippen LogP contribution in [0.3, 0.4) is 0 Å². The molecule has 0 saturated carbocycles. The van der Waals surface area contributed by atoms with Crippen molar-refractivity contribution in [1.29, 1.82) is 0 Å². The standard InChI is InChI=1S/C13H19N/c1-5-6-13(14-4)12-8-7-10(2)9-11(12)3/h5,7-9,13-14H,1,6H2,2-4H3. The van der Waals surface area contributed by atoms with Gasteiger partial charge in [-0.15, -0.1) is 6.58 Å². The van der Waals surface area contributed by atoms with E-state index in [1.54, 1.807) is 0 Å². The molecule has 1 nitrogen and oxygen atoms in total. The van der Waals surface area contributed by atoms with Crippen molar-refractivity contribution in [2.45, 2.75) is 26.3 Å². The SMILES string of the molecule is C=CCC(NC)c1ccc(C)cc1C. The maximum Gasteiger partial charge on any atom is 0.0354 e. The van der Waals surface area contributed by atoms with Gasteiger partial charge in [-0.25, -0.2) is 0 Å². The van der Waals surface area contributed by atoms with Gasteiger partial charge in [0.25, 0.3) is 0 Å². The van der Waals surface area contributed by atoms with Crippen molar-refractivity contribution in [2.24, 2.45) is 0 Å². The lowest BCUT2D eigenvalue weighted by Crippen LogP contribution is -2.16. The van der Waals surface area contributed by atoms with E-state index >= 15 is 0 Å². The largest absolute Gasteiger partial charge is 0.313 e. The summed E-state index contributed by atoms with van der Waals surface area (Å²) in [6, 6.07) is 6.99. The molecule has 0 aromatic heterocycles. The molecule has 1 aromatic rings. The molecule has 0 aliphatic heterocycles. The highest BCUT2D eigenvalue weighted by Gasteiger charge is 2.09. The Bertz CT molecular complexity index is 315. The monoisotopic (exact) mass is 189 g/mol. The highest BCUT2D eigenvalue weighted by atomic mass is 14.9. The molecule has 1 atom stereocenters. The highest BCUT2D eigenvalue weighted by Crippen LogP contribution is 2.21. The van der Waals surface area contributed by atoms with Gasteiger partial charge in [0.1, 0.15) is 0 Å². The molecule has 0 amide bonds. The fraction of sp³-hybridized carbons (Fsp3) is 0.385. The van der Waals surface area contributed by atoms with Crippen LogP contribution in [0.2, 0.25) is 0 Å². The van der Waals surface area contributed by atoms with Crippen LogP contribution in [0.25, 0.3) is 0 Å². The van der Waals surface area contributed by atoms with Crippen molar-refractivity contribution in [2.75, 3.05) is 7.05 Å². The Morgan fingerprint density at radius 2 is 2.14 bits per heavy atom. The van der Waals surface area contributed by atoms with Crippen LogP contribution >= 0.6 is 0 Å². The Labute approximate surface area is 86.8 Å². The normalized spacial score (nSPS) is 12.5. The molecule has 0 spiro atoms. The predicted molar refractivity (Wildman–Crippen MR) is 62.5 cm³/mol. The number of benzene rings is 1. The van der Waals surface area contributed by atoms with Crippen LogP contribution in [0.15, 0.2) is 30.9 Å². The molecule has 14 heavy (non-hydrogen) atoms. The van der Waals surface area contributed by atoms with E-state index in [4.69, 9.17) is 0 Å². The molecule has 0 saturated heterocycles. The molecule has 0 aliphatic carbocycles. The summed E-state index contributed by atoms with van der Waals surface area (Å²) in [4.78, 5) is 0. The summed E-state index contributed by atoms with van der Waals surface area (Å²) in [6.07, 6.45) is 2.93. The first kappa shape index (κ1) is 11.0. The number of hydrogen-bond acceptors (Lipinski definition) is 1. The van der Waals surface area contributed by atoms with E-state index < -0.39 is 0 Å². The Hall–Kier alpha value is -1.08. The van der Waals surface area contributed by atoms with Crippen molar-refractivity contribution in [3.05, 3.63) is 47.5 Å². The van der Waals surface area contributed by atoms with Crippen molar-refractivity contribution in [3.63, 3.8) is 0 Å². The Morgan fingerprint density at radius 1 is 1.43 bits per heavy atom. The van der Waals surface area contributed by atoms with Gasteiger partial charge in [0.2, 0.25) is 0 Å². The van der Waals surface area contributed by atoms with Gasteiger partial charge in [0.15, 0.2) is 0 Å². The summed E-state index contributed by atoms with van der Waals surface area (Å²) in [5.41, 5.74) is 4.05. The zero-order valence-corrected chi connectivity index (χ0v) is 9.30. The summed E-state index contributed by atoms with van der Waals surface area (Å²) < 4.78 is 0. The molecule has 0 radical (unpaired) electrons. The second-order valence-corrected chi connectivity index (χ2v) is 3.73. The fourth-order valence-electron chi connectivity index (χ4n) is 1.78. The van der Waals surface area contributed by atoms with Crippen LogP contribution in [0, 0.1) is 13.8 Å². The summed E-state index contributed by atoms with van der Waals surface area (Å²) in [7, 11) is 1.99. The summed E-state index contributed by atoms with van der Waals surface area (Å²) in [6.45, 7) is 8.07. The molecule has 1 N–H and O–H groups in total. The molecule has 0 aliphatic rings. The van der Waals surface area contributed by atoms with Gasteiger partial charge < -0.3 is 5.32 Å². The van der Waals surface area contributed by atoms with E-state index in [0.717, 1.165) is 6.42 Å². The summed E-state index contributed by atoms with van der Waals surface area (Å²) in [5, 5.41) is 3.31. The highest BCUT2D eigenvalue weighted by molar-refractivity contribution is 5.33. The van der Waals surface area contributed by atoms with Gasteiger partial charge in [-0.3, -0.25) is 0 Å². The van der Waals surface area contributed by atoms with E-state index in [0.29, 0.717) is 6.04 Å². The molecule has 1 aromatic carbocycles. The molecule has 76 valence electrons. The fourth-order valence-corrected chi connectivity index (χ4v) is 1.78. The van der Waals surface area contributed by atoms with E-state index in [-0.39, 0.29) is 0 Å². The van der Waals surface area contributed by atoms with Gasteiger partial charge in [-0.05, 0) is 38.4 Å². The Kier molecular flexibility index (Phi) is 3.90. The smallest absolute Gasteiger partial charge is 0.0354 e. The first-order valence-corrected chi connectivity index (χ1v) is 5.04. The second-order valence-electron chi connectivity index (χ2n) is 3.73. The van der Waals surface area contributed by atoms with E-state index in [1.807, 2.05) is 13.1 Å². The molecule has 1 rings (SSSR count). The van der Waals surface area contributed by atoms with Gasteiger partial charge in [-0.2, -0.15) is 0 Å². The van der Waals surface area contributed by atoms with Crippen molar-refractivity contribution >= 4 is 0 Å². The van der Waals surface area contributed by atoms with Crippen molar-refractivity contribution in [3.8, 4) is 0 Å². The molecular formula is C13H19N. The third-order valence-corrected chi connectivity index (χ3v) is 2.55. The minimum atomic E-state index is 0.396. The van der Waals surface area contributed by atoms with Crippen LogP contribution in [0.4, 0.5) is 0 Å². The number of nitrogens with one attached hydrogen (secondary N) is 1. The molecule has 0 bridgehead atoms. The molecule has 0 fully saturated rings. The Balaban J connectivity index is 2.97. The summed E-state index contributed by atoms with van der Waals surface area (Å²) >= 11 is 0. The molecule has 1 heteroatoms. The van der Waals surface area contributed by atoms with Gasteiger partial charge >= 0.3 is 0 Å². The van der Waals surface area contributed by atoms with Gasteiger partial charge in [0, 0.05) is 6.04 Å². The topological polar surface area (TPSA) is 12.0 Å². The molecular weight excluding hydrogens is 170 g/mol. The minimum Gasteiger partial charge on any atom is -0.313 e. The second kappa shape index (κ2) is 4.97. The third kappa shape index (κ3) is 2.46. The lowest BCUT2D eigenvalue weighted by atomic mass is 9.97. The van der Waals surface area contributed by atoms with Gasteiger partial charge in [0.05, 0.1) is 0 Å². The van der Waals surface area contributed by atoms with Crippen LogP contribution in [0.5, 0.6) is 0 Å². The maximum atomic E-state index is 3.78. The average Bonchev–Trinajstić information content (AvgIpc) is 2.15. The van der Waals surface area contributed by atoms with Crippen LogP contribution < -0.4 is 5.32 Å². The maximum absolute atomic E-state index is 3.78.